The Hall–Kier alpha value is -1.53. The fourth-order valence-electron chi connectivity index (χ4n) is 1.28. The van der Waals surface area contributed by atoms with E-state index in [1.165, 1.54) is 0 Å². The Morgan fingerprint density at radius 2 is 2.29 bits per heavy atom. The summed E-state index contributed by atoms with van der Waals surface area (Å²) < 4.78 is 0. The molecule has 0 unspecified atom stereocenters. The van der Waals surface area contributed by atoms with E-state index in [0.29, 0.717) is 5.69 Å². The molecule has 14 heavy (non-hydrogen) atoms. The number of hydrogen-bond acceptors (Lipinski definition) is 3. The molecule has 2 N–H and O–H groups in total. The Morgan fingerprint density at radius 1 is 1.64 bits per heavy atom. The number of alkyl halides is 1. The van der Waals surface area contributed by atoms with Gasteiger partial charge in [-0.2, -0.15) is 5.26 Å². The molecule has 0 atom stereocenters. The van der Waals surface area contributed by atoms with Gasteiger partial charge in [0.25, 0.3) is 0 Å². The van der Waals surface area contributed by atoms with Crippen LogP contribution in [0.5, 0.6) is 0 Å². The number of nitrogens with two attached hydrogens (primary N) is 1. The highest BCUT2D eigenvalue weighted by atomic mass is 35.5. The van der Waals surface area contributed by atoms with Crippen molar-refractivity contribution in [3.05, 3.63) is 28.8 Å². The minimum absolute atomic E-state index is 0.165. The summed E-state index contributed by atoms with van der Waals surface area (Å²) in [4.78, 5) is 11.4. The van der Waals surface area contributed by atoms with Crippen LogP contribution in [0, 0.1) is 18.3 Å². The van der Waals surface area contributed by atoms with Crippen molar-refractivity contribution in [2.24, 2.45) is 0 Å². The Balaban J connectivity index is 3.42. The third kappa shape index (κ3) is 1.86. The summed E-state index contributed by atoms with van der Waals surface area (Å²) in [6.45, 7) is 1.81. The van der Waals surface area contributed by atoms with Crippen molar-refractivity contribution in [3.8, 4) is 6.07 Å². The summed E-state index contributed by atoms with van der Waals surface area (Å²) >= 11 is 5.41. The second kappa shape index (κ2) is 4.12. The zero-order valence-electron chi connectivity index (χ0n) is 7.67. The first-order valence-electron chi connectivity index (χ1n) is 3.99. The van der Waals surface area contributed by atoms with Crippen LogP contribution in [-0.2, 0) is 0 Å². The van der Waals surface area contributed by atoms with Crippen LogP contribution < -0.4 is 5.73 Å². The largest absolute Gasteiger partial charge is 0.398 e. The smallest absolute Gasteiger partial charge is 0.180 e. The molecule has 1 rings (SSSR count). The number of anilines is 1. The Kier molecular flexibility index (Phi) is 3.10. The minimum Gasteiger partial charge on any atom is -0.398 e. The van der Waals surface area contributed by atoms with Crippen LogP contribution in [0.15, 0.2) is 12.1 Å². The molecule has 0 aliphatic heterocycles. The van der Waals surface area contributed by atoms with Crippen molar-refractivity contribution >= 4 is 23.1 Å². The molecule has 0 aliphatic rings. The molecule has 0 amide bonds. The zero-order valence-corrected chi connectivity index (χ0v) is 8.43. The van der Waals surface area contributed by atoms with Crippen molar-refractivity contribution in [2.45, 2.75) is 6.92 Å². The minimum atomic E-state index is -0.319. The van der Waals surface area contributed by atoms with Crippen molar-refractivity contribution in [3.63, 3.8) is 0 Å². The molecule has 3 nitrogen and oxygen atoms in total. The highest BCUT2D eigenvalue weighted by molar-refractivity contribution is 6.31. The van der Waals surface area contributed by atoms with Gasteiger partial charge in [-0.05, 0) is 24.6 Å². The first kappa shape index (κ1) is 10.6. The van der Waals surface area contributed by atoms with Crippen LogP contribution in [-0.4, -0.2) is 11.7 Å². The summed E-state index contributed by atoms with van der Waals surface area (Å²) in [5, 5.41) is 8.81. The standard InChI is InChI=1S/C10H9ClN2O/c1-6-2-7(5-12)10(8(13)3-6)9(14)4-11/h2-3H,4,13H2,1H3. The molecule has 0 radical (unpaired) electrons. The molecule has 0 aliphatic carbocycles. The van der Waals surface area contributed by atoms with E-state index >= 15 is 0 Å². The maximum Gasteiger partial charge on any atom is 0.180 e. The molecular formula is C10H9ClN2O. The molecule has 4 heteroatoms. The van der Waals surface area contributed by atoms with Gasteiger partial charge in [0.05, 0.1) is 23.1 Å². The molecule has 0 saturated heterocycles. The normalized spacial score (nSPS) is 9.50. The lowest BCUT2D eigenvalue weighted by Gasteiger charge is -2.06. The van der Waals surface area contributed by atoms with Gasteiger partial charge >= 0.3 is 0 Å². The topological polar surface area (TPSA) is 66.9 Å². The third-order valence-electron chi connectivity index (χ3n) is 1.83. The summed E-state index contributed by atoms with van der Waals surface area (Å²) in [5.41, 5.74) is 7.32. The monoisotopic (exact) mass is 208 g/mol. The molecule has 0 saturated carbocycles. The van der Waals surface area contributed by atoms with E-state index in [1.54, 1.807) is 12.1 Å². The third-order valence-corrected chi connectivity index (χ3v) is 2.08. The van der Waals surface area contributed by atoms with Crippen LogP contribution in [0.25, 0.3) is 0 Å². The van der Waals surface area contributed by atoms with E-state index in [2.05, 4.69) is 0 Å². The van der Waals surface area contributed by atoms with Crippen LogP contribution >= 0.6 is 11.6 Å². The van der Waals surface area contributed by atoms with E-state index < -0.39 is 0 Å². The predicted molar refractivity (Wildman–Crippen MR) is 55.4 cm³/mol. The number of carbonyl (C=O) groups excluding carboxylic acids is 1. The van der Waals surface area contributed by atoms with Gasteiger partial charge < -0.3 is 5.73 Å². The van der Waals surface area contributed by atoms with E-state index in [9.17, 15) is 4.79 Å². The van der Waals surface area contributed by atoms with Crippen molar-refractivity contribution in [1.29, 1.82) is 5.26 Å². The Labute approximate surface area is 87.1 Å². The zero-order chi connectivity index (χ0) is 10.7. The average molecular weight is 209 g/mol. The first-order chi connectivity index (χ1) is 6.60. The number of ketones is 1. The number of carbonyl (C=O) groups is 1. The second-order valence-corrected chi connectivity index (χ2v) is 3.21. The maximum absolute atomic E-state index is 11.4. The van der Waals surface area contributed by atoms with Crippen LogP contribution in [0.1, 0.15) is 21.5 Å². The Bertz CT molecular complexity index is 421. The molecule has 72 valence electrons. The van der Waals surface area contributed by atoms with Crippen LogP contribution in [0.4, 0.5) is 5.69 Å². The van der Waals surface area contributed by atoms with Gasteiger partial charge in [-0.25, -0.2) is 0 Å². The second-order valence-electron chi connectivity index (χ2n) is 2.95. The number of nitrogens with zero attached hydrogens (tertiary/aromatic N) is 1. The van der Waals surface area contributed by atoms with Gasteiger partial charge in [0, 0.05) is 5.69 Å². The number of benzene rings is 1. The lowest BCUT2D eigenvalue weighted by molar-refractivity contribution is 0.102. The fraction of sp³-hybridized carbons (Fsp3) is 0.200. The van der Waals surface area contributed by atoms with Gasteiger partial charge in [-0.1, -0.05) is 0 Å². The number of halogens is 1. The van der Waals surface area contributed by atoms with Gasteiger partial charge in [0.15, 0.2) is 5.78 Å². The van der Waals surface area contributed by atoms with Crippen molar-refractivity contribution in [2.75, 3.05) is 11.6 Å². The van der Waals surface area contributed by atoms with E-state index in [4.69, 9.17) is 22.6 Å². The van der Waals surface area contributed by atoms with Gasteiger partial charge in [-0.3, -0.25) is 4.79 Å². The van der Waals surface area contributed by atoms with E-state index in [-0.39, 0.29) is 22.8 Å². The van der Waals surface area contributed by atoms with Gasteiger partial charge in [0.2, 0.25) is 0 Å². The highest BCUT2D eigenvalue weighted by Gasteiger charge is 2.14. The molecule has 1 aromatic rings. The average Bonchev–Trinajstić information content (AvgIpc) is 2.15. The quantitative estimate of drug-likeness (QED) is 0.458. The lowest BCUT2D eigenvalue weighted by atomic mass is 10.0. The molecular weight excluding hydrogens is 200 g/mol. The summed E-state index contributed by atoms with van der Waals surface area (Å²) in [6.07, 6.45) is 0. The number of hydrogen-bond donors (Lipinski definition) is 1. The summed E-state index contributed by atoms with van der Waals surface area (Å²) in [7, 11) is 0. The lowest BCUT2D eigenvalue weighted by Crippen LogP contribution is -2.08. The molecule has 1 aromatic carbocycles. The number of nitriles is 1. The van der Waals surface area contributed by atoms with Crippen molar-refractivity contribution in [1.82, 2.24) is 0 Å². The first-order valence-corrected chi connectivity index (χ1v) is 4.53. The van der Waals surface area contributed by atoms with Gasteiger partial charge in [-0.15, -0.1) is 11.6 Å². The van der Waals surface area contributed by atoms with Crippen LogP contribution in [0.2, 0.25) is 0 Å². The number of nitrogen functional groups attached to an aromatic ring is 1. The Morgan fingerprint density at radius 3 is 2.79 bits per heavy atom. The maximum atomic E-state index is 11.4. The molecule has 0 bridgehead atoms. The van der Waals surface area contributed by atoms with E-state index in [1.807, 2.05) is 13.0 Å². The number of aryl methyl sites for hydroxylation is 1. The number of Topliss-reactive ketones (excluding diaryl/α,β-unsaturated/α-hetero) is 1. The molecule has 0 heterocycles. The van der Waals surface area contributed by atoms with Crippen molar-refractivity contribution < 1.29 is 4.79 Å². The molecule has 0 fully saturated rings. The molecule has 0 spiro atoms. The number of rotatable bonds is 2. The van der Waals surface area contributed by atoms with Gasteiger partial charge in [0.1, 0.15) is 0 Å². The molecule has 0 aromatic heterocycles. The predicted octanol–water partition coefficient (Wildman–Crippen LogP) is 1.87. The highest BCUT2D eigenvalue weighted by Crippen LogP contribution is 2.20. The van der Waals surface area contributed by atoms with Crippen LogP contribution in [0.3, 0.4) is 0 Å². The van der Waals surface area contributed by atoms with E-state index in [0.717, 1.165) is 5.56 Å². The summed E-state index contributed by atoms with van der Waals surface area (Å²) in [5.74, 6) is -0.484. The summed E-state index contributed by atoms with van der Waals surface area (Å²) in [6, 6.07) is 5.21. The SMILES string of the molecule is Cc1cc(N)c(C(=O)CCl)c(C#N)c1. The fourth-order valence-corrected chi connectivity index (χ4v) is 1.41.